The lowest BCUT2D eigenvalue weighted by atomic mass is 10.2. The Labute approximate surface area is 171 Å². The maximum absolute atomic E-state index is 12.7. The summed E-state index contributed by atoms with van der Waals surface area (Å²) in [7, 11) is 0. The number of halogens is 1. The van der Waals surface area contributed by atoms with E-state index >= 15 is 0 Å². The first-order valence-corrected chi connectivity index (χ1v) is 9.07. The quantitative estimate of drug-likeness (QED) is 0.484. The summed E-state index contributed by atoms with van der Waals surface area (Å²) in [6.45, 7) is 0.292. The number of benzene rings is 2. The first-order chi connectivity index (χ1) is 14.1. The van der Waals surface area contributed by atoms with Crippen molar-refractivity contribution < 1.29 is 13.9 Å². The van der Waals surface area contributed by atoms with Gasteiger partial charge in [-0.15, -0.1) is 0 Å². The van der Waals surface area contributed by atoms with E-state index in [-0.39, 0.29) is 13.1 Å². The van der Waals surface area contributed by atoms with E-state index in [4.69, 9.17) is 26.7 Å². The van der Waals surface area contributed by atoms with Gasteiger partial charge in [-0.2, -0.15) is 0 Å². The Hall–Kier alpha value is -3.49. The van der Waals surface area contributed by atoms with Crippen LogP contribution in [-0.4, -0.2) is 25.3 Å². The Morgan fingerprint density at radius 1 is 1.14 bits per heavy atom. The lowest BCUT2D eigenvalue weighted by molar-refractivity contribution is 0.0849. The van der Waals surface area contributed by atoms with Crippen LogP contribution in [0.1, 0.15) is 21.9 Å². The van der Waals surface area contributed by atoms with E-state index in [1.54, 1.807) is 36.4 Å². The number of para-hydroxylation sites is 2. The predicted molar refractivity (Wildman–Crippen MR) is 106 cm³/mol. The number of carbonyl (C=O) groups is 1. The highest BCUT2D eigenvalue weighted by molar-refractivity contribution is 6.23. The number of amides is 1. The molecule has 0 aliphatic heterocycles. The molecule has 0 spiro atoms. The monoisotopic (exact) mass is 409 g/mol. The first kappa shape index (κ1) is 18.9. The molecule has 0 saturated carbocycles. The lowest BCUT2D eigenvalue weighted by Crippen LogP contribution is -2.21. The van der Waals surface area contributed by atoms with E-state index in [9.17, 15) is 4.79 Å². The summed E-state index contributed by atoms with van der Waals surface area (Å²) in [5, 5.41) is 0. The van der Waals surface area contributed by atoms with Gasteiger partial charge in [0.2, 0.25) is 11.8 Å². The van der Waals surface area contributed by atoms with Crippen LogP contribution in [0.25, 0.3) is 11.1 Å². The molecule has 4 rings (SSSR count). The molecule has 146 valence electrons. The minimum Gasteiger partial charge on any atom is -0.439 e. The van der Waals surface area contributed by atoms with Gasteiger partial charge in [-0.3, -0.25) is 4.79 Å². The molecular weight excluding hydrogens is 394 g/mol. The van der Waals surface area contributed by atoms with E-state index in [1.807, 2.05) is 18.2 Å². The summed E-state index contributed by atoms with van der Waals surface area (Å²) in [4.78, 5) is 25.1. The maximum Gasteiger partial charge on any atom is 0.268 e. The number of nitrogens with zero attached hydrogens (tertiary/aromatic N) is 4. The largest absolute Gasteiger partial charge is 0.439 e. The number of oxazole rings is 1. The molecule has 2 heterocycles. The van der Waals surface area contributed by atoms with Crippen LogP contribution in [0.5, 0.6) is 11.6 Å². The zero-order valence-corrected chi connectivity index (χ0v) is 15.9. The Kier molecular flexibility index (Phi) is 5.37. The van der Waals surface area contributed by atoms with E-state index in [2.05, 4.69) is 15.0 Å². The molecule has 0 bridgehead atoms. The van der Waals surface area contributed by atoms with Crippen LogP contribution in [0.15, 0.2) is 65.3 Å². The van der Waals surface area contributed by atoms with E-state index < -0.39 is 5.91 Å². The third-order valence-electron chi connectivity index (χ3n) is 4.04. The van der Waals surface area contributed by atoms with Gasteiger partial charge in [0.15, 0.2) is 5.58 Å². The van der Waals surface area contributed by atoms with Crippen LogP contribution in [0.3, 0.4) is 0 Å². The Morgan fingerprint density at radius 2 is 2.00 bits per heavy atom. The summed E-state index contributed by atoms with van der Waals surface area (Å²) in [6.07, 6.45) is 1.37. The van der Waals surface area contributed by atoms with Crippen molar-refractivity contribution in [3.63, 3.8) is 0 Å². The van der Waals surface area contributed by atoms with Gasteiger partial charge in [0.1, 0.15) is 24.1 Å². The normalized spacial score (nSPS) is 10.8. The predicted octanol–water partition coefficient (Wildman–Crippen LogP) is 3.67. The number of hydrogen-bond donors (Lipinski definition) is 1. The fraction of sp³-hybridized carbons (Fsp3) is 0.100. The van der Waals surface area contributed by atoms with Gasteiger partial charge in [-0.1, -0.05) is 18.2 Å². The average Bonchev–Trinajstić information content (AvgIpc) is 3.15. The molecule has 0 saturated heterocycles. The van der Waals surface area contributed by atoms with Gasteiger partial charge in [0.05, 0.1) is 5.69 Å². The van der Waals surface area contributed by atoms with Crippen LogP contribution < -0.4 is 10.5 Å². The highest BCUT2D eigenvalue weighted by Gasteiger charge is 2.18. The molecule has 29 heavy (non-hydrogen) atoms. The summed E-state index contributed by atoms with van der Waals surface area (Å²) >= 11 is 6.19. The number of hydrogen-bond acceptors (Lipinski definition) is 7. The van der Waals surface area contributed by atoms with Crippen molar-refractivity contribution in [1.82, 2.24) is 19.4 Å². The summed E-state index contributed by atoms with van der Waals surface area (Å²) in [6, 6.07) is 15.6. The molecule has 0 fully saturated rings. The highest BCUT2D eigenvalue weighted by Crippen LogP contribution is 2.23. The Bertz CT molecular complexity index is 1130. The standard InChI is InChI=1S/C20H16ClN5O3/c21-26(11-19-25-16-6-1-2-7-17(16)29-19)20(27)13-4-3-5-15(8-13)28-18-9-14(10-22)23-12-24-18/h1-9,12H,10-11,22H2. The number of nitrogens with two attached hydrogens (primary N) is 1. The van der Waals surface area contributed by atoms with Crippen LogP contribution in [-0.2, 0) is 13.1 Å². The Morgan fingerprint density at radius 3 is 2.83 bits per heavy atom. The fourth-order valence-corrected chi connectivity index (χ4v) is 2.88. The van der Waals surface area contributed by atoms with Crippen LogP contribution >= 0.6 is 11.8 Å². The number of fused-ring (bicyclic) bond motifs is 1. The topological polar surface area (TPSA) is 107 Å². The number of ether oxygens (including phenoxy) is 1. The Balaban J connectivity index is 1.48. The summed E-state index contributed by atoms with van der Waals surface area (Å²) in [5.74, 6) is 0.700. The van der Waals surface area contributed by atoms with Crippen molar-refractivity contribution in [2.45, 2.75) is 13.1 Å². The molecule has 0 radical (unpaired) electrons. The molecule has 0 aliphatic rings. The molecule has 1 amide bonds. The number of rotatable bonds is 6. The van der Waals surface area contributed by atoms with Crippen LogP contribution in [0.2, 0.25) is 0 Å². The van der Waals surface area contributed by atoms with Crippen molar-refractivity contribution in [1.29, 1.82) is 0 Å². The summed E-state index contributed by atoms with van der Waals surface area (Å²) < 4.78 is 12.3. The zero-order chi connectivity index (χ0) is 20.2. The van der Waals surface area contributed by atoms with Crippen molar-refractivity contribution in [3.05, 3.63) is 78.1 Å². The molecule has 4 aromatic rings. The van der Waals surface area contributed by atoms with Gasteiger partial charge >= 0.3 is 0 Å². The smallest absolute Gasteiger partial charge is 0.268 e. The average molecular weight is 410 g/mol. The van der Waals surface area contributed by atoms with Gasteiger partial charge in [-0.05, 0) is 30.3 Å². The molecule has 0 aliphatic carbocycles. The van der Waals surface area contributed by atoms with Crippen molar-refractivity contribution in [2.75, 3.05) is 0 Å². The molecule has 8 nitrogen and oxygen atoms in total. The first-order valence-electron chi connectivity index (χ1n) is 8.73. The SMILES string of the molecule is NCc1cc(Oc2cccc(C(=O)N(Cl)Cc3nc4ccccc4o3)c2)ncn1. The third kappa shape index (κ3) is 4.34. The molecule has 2 aromatic heterocycles. The van der Waals surface area contributed by atoms with Gasteiger partial charge in [0.25, 0.3) is 5.91 Å². The van der Waals surface area contributed by atoms with Crippen LogP contribution in [0, 0.1) is 0 Å². The number of carbonyl (C=O) groups excluding carboxylic acids is 1. The van der Waals surface area contributed by atoms with Gasteiger partial charge in [0, 0.05) is 30.0 Å². The minimum atomic E-state index is -0.412. The minimum absolute atomic E-state index is 0.0198. The van der Waals surface area contributed by atoms with E-state index in [0.717, 1.165) is 4.42 Å². The zero-order valence-electron chi connectivity index (χ0n) is 15.2. The molecule has 9 heteroatoms. The van der Waals surface area contributed by atoms with Crippen molar-refractivity contribution in [3.8, 4) is 11.6 Å². The second-order valence-corrected chi connectivity index (χ2v) is 6.49. The second kappa shape index (κ2) is 8.26. The second-order valence-electron chi connectivity index (χ2n) is 6.08. The maximum atomic E-state index is 12.7. The van der Waals surface area contributed by atoms with Crippen LogP contribution in [0.4, 0.5) is 0 Å². The summed E-state index contributed by atoms with van der Waals surface area (Å²) in [5.41, 5.74) is 7.91. The van der Waals surface area contributed by atoms with Crippen molar-refractivity contribution in [2.24, 2.45) is 5.73 Å². The van der Waals surface area contributed by atoms with E-state index in [1.165, 1.54) is 6.33 Å². The number of aromatic nitrogens is 3. The van der Waals surface area contributed by atoms with Gasteiger partial charge in [-0.25, -0.2) is 19.4 Å². The molecule has 0 atom stereocenters. The van der Waals surface area contributed by atoms with Crippen molar-refractivity contribution >= 4 is 28.8 Å². The fourth-order valence-electron chi connectivity index (χ4n) is 2.68. The van der Waals surface area contributed by atoms with Gasteiger partial charge < -0.3 is 14.9 Å². The third-order valence-corrected chi connectivity index (χ3v) is 4.32. The molecule has 2 aromatic carbocycles. The molecule has 2 N–H and O–H groups in total. The highest BCUT2D eigenvalue weighted by atomic mass is 35.5. The molecule has 0 unspecified atom stereocenters. The molecular formula is C20H16ClN5O3. The van der Waals surface area contributed by atoms with E-state index in [0.29, 0.717) is 39.9 Å². The lowest BCUT2D eigenvalue weighted by Gasteiger charge is -2.12.